The lowest BCUT2D eigenvalue weighted by molar-refractivity contribution is -0.111. The maximum Gasteiger partial charge on any atom is 0.248 e. The van der Waals surface area contributed by atoms with Gasteiger partial charge in [0.2, 0.25) is 11.8 Å². The number of amides is 2. The van der Waals surface area contributed by atoms with Crippen LogP contribution in [0.2, 0.25) is 0 Å². The van der Waals surface area contributed by atoms with E-state index in [2.05, 4.69) is 10.2 Å². The molecule has 3 rings (SSSR count). The van der Waals surface area contributed by atoms with Crippen LogP contribution < -0.4 is 16.0 Å². The smallest absolute Gasteiger partial charge is 0.248 e. The third kappa shape index (κ3) is 4.51. The number of nitrogens with two attached hydrogens (primary N) is 1. The second kappa shape index (κ2) is 8.34. The van der Waals surface area contributed by atoms with E-state index in [1.54, 1.807) is 18.2 Å². The van der Waals surface area contributed by atoms with E-state index in [1.807, 2.05) is 36.4 Å². The maximum atomic E-state index is 12.4. The average Bonchev–Trinajstić information content (AvgIpc) is 2.68. The van der Waals surface area contributed by atoms with Crippen LogP contribution in [0.5, 0.6) is 0 Å². The summed E-state index contributed by atoms with van der Waals surface area (Å²) in [6, 6.07) is 14.8. The molecule has 0 spiro atoms. The number of nitrogens with one attached hydrogen (secondary N) is 1. The molecule has 0 aliphatic carbocycles. The summed E-state index contributed by atoms with van der Waals surface area (Å²) in [6.45, 7) is 1.89. The molecule has 0 saturated carbocycles. The predicted molar refractivity (Wildman–Crippen MR) is 105 cm³/mol. The van der Waals surface area contributed by atoms with Crippen LogP contribution in [0.25, 0.3) is 6.08 Å². The highest BCUT2D eigenvalue weighted by molar-refractivity contribution is 6.05. The summed E-state index contributed by atoms with van der Waals surface area (Å²) in [7, 11) is 0. The summed E-state index contributed by atoms with van der Waals surface area (Å²) in [5, 5.41) is 2.90. The van der Waals surface area contributed by atoms with Gasteiger partial charge in [-0.25, -0.2) is 0 Å². The van der Waals surface area contributed by atoms with Crippen molar-refractivity contribution in [2.24, 2.45) is 5.73 Å². The Morgan fingerprint density at radius 1 is 1.00 bits per heavy atom. The Labute approximate surface area is 153 Å². The molecule has 2 aromatic carbocycles. The highest BCUT2D eigenvalue weighted by Crippen LogP contribution is 2.29. The van der Waals surface area contributed by atoms with Gasteiger partial charge in [0.1, 0.15) is 0 Å². The first-order valence-electron chi connectivity index (χ1n) is 8.86. The number of hydrogen-bond donors (Lipinski definition) is 2. The van der Waals surface area contributed by atoms with Crippen molar-refractivity contribution in [2.75, 3.05) is 23.3 Å². The number of nitrogens with zero attached hydrogens (tertiary/aromatic N) is 1. The fourth-order valence-electron chi connectivity index (χ4n) is 3.11. The molecule has 1 aliphatic heterocycles. The second-order valence-corrected chi connectivity index (χ2v) is 6.38. The molecule has 1 saturated heterocycles. The van der Waals surface area contributed by atoms with Gasteiger partial charge in [-0.05, 0) is 49.1 Å². The van der Waals surface area contributed by atoms with Gasteiger partial charge in [0.05, 0.1) is 11.4 Å². The Morgan fingerprint density at radius 3 is 2.42 bits per heavy atom. The number of piperidine rings is 1. The van der Waals surface area contributed by atoms with Crippen molar-refractivity contribution >= 4 is 29.3 Å². The van der Waals surface area contributed by atoms with Crippen molar-refractivity contribution in [1.29, 1.82) is 0 Å². The minimum atomic E-state index is -0.509. The van der Waals surface area contributed by atoms with E-state index in [4.69, 9.17) is 5.73 Å². The lowest BCUT2D eigenvalue weighted by Crippen LogP contribution is -2.30. The summed E-state index contributed by atoms with van der Waals surface area (Å²) in [5.74, 6) is -0.751. The average molecular weight is 349 g/mol. The molecule has 0 aromatic heterocycles. The number of hydrogen-bond acceptors (Lipinski definition) is 3. The summed E-state index contributed by atoms with van der Waals surface area (Å²) in [4.78, 5) is 26.1. The molecule has 5 heteroatoms. The fourth-order valence-corrected chi connectivity index (χ4v) is 3.11. The SMILES string of the molecule is NC(=O)c1ccc(N2CCCCC2)c(NC(=O)/C=C/c2ccccc2)c1. The summed E-state index contributed by atoms with van der Waals surface area (Å²) in [6.07, 6.45) is 6.72. The zero-order valence-electron chi connectivity index (χ0n) is 14.7. The van der Waals surface area contributed by atoms with E-state index in [0.717, 1.165) is 37.2 Å². The minimum absolute atomic E-state index is 0.242. The van der Waals surface area contributed by atoms with Gasteiger partial charge in [-0.1, -0.05) is 30.3 Å². The molecule has 1 heterocycles. The molecule has 1 aliphatic rings. The first-order valence-corrected chi connectivity index (χ1v) is 8.86. The van der Waals surface area contributed by atoms with Crippen molar-refractivity contribution in [3.8, 4) is 0 Å². The van der Waals surface area contributed by atoms with E-state index < -0.39 is 5.91 Å². The molecule has 2 aromatic rings. The van der Waals surface area contributed by atoms with Crippen molar-refractivity contribution < 1.29 is 9.59 Å². The first-order chi connectivity index (χ1) is 12.6. The van der Waals surface area contributed by atoms with Gasteiger partial charge in [0, 0.05) is 24.7 Å². The third-order valence-electron chi connectivity index (χ3n) is 4.46. The Kier molecular flexibility index (Phi) is 5.69. The van der Waals surface area contributed by atoms with Gasteiger partial charge < -0.3 is 16.0 Å². The van der Waals surface area contributed by atoms with Crippen LogP contribution in [-0.4, -0.2) is 24.9 Å². The van der Waals surface area contributed by atoms with Gasteiger partial charge >= 0.3 is 0 Å². The molecule has 0 radical (unpaired) electrons. The molecular formula is C21H23N3O2. The van der Waals surface area contributed by atoms with Crippen molar-refractivity contribution in [3.05, 3.63) is 65.7 Å². The van der Waals surface area contributed by atoms with Crippen LogP contribution in [0.3, 0.4) is 0 Å². The Balaban J connectivity index is 1.81. The van der Waals surface area contributed by atoms with Crippen LogP contribution in [0, 0.1) is 0 Å². The lowest BCUT2D eigenvalue weighted by atomic mass is 10.1. The van der Waals surface area contributed by atoms with Crippen LogP contribution in [0.15, 0.2) is 54.6 Å². The second-order valence-electron chi connectivity index (χ2n) is 6.38. The van der Waals surface area contributed by atoms with E-state index in [9.17, 15) is 9.59 Å². The van der Waals surface area contributed by atoms with Crippen molar-refractivity contribution in [3.63, 3.8) is 0 Å². The quantitative estimate of drug-likeness (QED) is 0.812. The zero-order valence-corrected chi connectivity index (χ0v) is 14.7. The Morgan fingerprint density at radius 2 is 1.73 bits per heavy atom. The molecule has 5 nitrogen and oxygen atoms in total. The van der Waals surface area contributed by atoms with E-state index in [-0.39, 0.29) is 5.91 Å². The van der Waals surface area contributed by atoms with Crippen LogP contribution in [0.1, 0.15) is 35.2 Å². The van der Waals surface area contributed by atoms with Gasteiger partial charge in [-0.15, -0.1) is 0 Å². The molecule has 3 N–H and O–H groups in total. The molecule has 134 valence electrons. The standard InChI is InChI=1S/C21H23N3O2/c22-21(26)17-10-11-19(24-13-5-2-6-14-24)18(15-17)23-20(25)12-9-16-7-3-1-4-8-16/h1,3-4,7-12,15H,2,5-6,13-14H2,(H2,22,26)(H,23,25)/b12-9+. The van der Waals surface area contributed by atoms with Crippen LogP contribution in [-0.2, 0) is 4.79 Å². The largest absolute Gasteiger partial charge is 0.370 e. The molecule has 0 unspecified atom stereocenters. The molecule has 26 heavy (non-hydrogen) atoms. The number of primary amides is 1. The summed E-state index contributed by atoms with van der Waals surface area (Å²) in [5.41, 5.74) is 8.27. The Hall–Kier alpha value is -3.08. The zero-order chi connectivity index (χ0) is 18.4. The molecule has 0 bridgehead atoms. The fraction of sp³-hybridized carbons (Fsp3) is 0.238. The predicted octanol–water partition coefficient (Wildman–Crippen LogP) is 3.43. The maximum absolute atomic E-state index is 12.4. The van der Waals surface area contributed by atoms with Crippen molar-refractivity contribution in [1.82, 2.24) is 0 Å². The molecule has 2 amide bonds. The van der Waals surface area contributed by atoms with Gasteiger partial charge in [-0.2, -0.15) is 0 Å². The lowest BCUT2D eigenvalue weighted by Gasteiger charge is -2.30. The number of carbonyl (C=O) groups excluding carboxylic acids is 2. The van der Waals surface area contributed by atoms with Gasteiger partial charge in [-0.3, -0.25) is 9.59 Å². The van der Waals surface area contributed by atoms with Crippen LogP contribution >= 0.6 is 0 Å². The van der Waals surface area contributed by atoms with E-state index in [0.29, 0.717) is 11.3 Å². The van der Waals surface area contributed by atoms with E-state index in [1.165, 1.54) is 12.5 Å². The number of carbonyl (C=O) groups is 2. The first kappa shape index (κ1) is 17.7. The number of anilines is 2. The minimum Gasteiger partial charge on any atom is -0.370 e. The number of benzene rings is 2. The third-order valence-corrected chi connectivity index (χ3v) is 4.46. The number of rotatable bonds is 5. The summed E-state index contributed by atoms with van der Waals surface area (Å²) >= 11 is 0. The highest BCUT2D eigenvalue weighted by atomic mass is 16.1. The summed E-state index contributed by atoms with van der Waals surface area (Å²) < 4.78 is 0. The monoisotopic (exact) mass is 349 g/mol. The van der Waals surface area contributed by atoms with Gasteiger partial charge in [0.25, 0.3) is 0 Å². The normalized spacial score (nSPS) is 14.4. The molecular weight excluding hydrogens is 326 g/mol. The van der Waals surface area contributed by atoms with E-state index >= 15 is 0 Å². The highest BCUT2D eigenvalue weighted by Gasteiger charge is 2.17. The van der Waals surface area contributed by atoms with Crippen molar-refractivity contribution in [2.45, 2.75) is 19.3 Å². The Bertz CT molecular complexity index is 809. The van der Waals surface area contributed by atoms with Crippen LogP contribution in [0.4, 0.5) is 11.4 Å². The van der Waals surface area contributed by atoms with Gasteiger partial charge in [0.15, 0.2) is 0 Å². The molecule has 1 fully saturated rings. The molecule has 0 atom stereocenters. The topological polar surface area (TPSA) is 75.4 Å².